The second-order valence-corrected chi connectivity index (χ2v) is 9.56. The van der Waals surface area contributed by atoms with E-state index in [4.69, 9.17) is 0 Å². The standard InChI is InChI=1S/C12H15NO5S3.Na/c1-5(14)7-9(15)13-8(11(16)17)12(20-10(7)13)19-6-2-3-21(18)4-6;/h5-7,10,14H,2-4H2,1H3,(H,16,17);/q;+1/p-1/t5-,6+,7-,10-,21-;/m1./s1. The summed E-state index contributed by atoms with van der Waals surface area (Å²) < 4.78 is 12.0. The van der Waals surface area contributed by atoms with Crippen molar-refractivity contribution in [1.82, 2.24) is 4.90 Å². The molecule has 10 heteroatoms. The van der Waals surface area contributed by atoms with Gasteiger partial charge in [0, 0.05) is 27.6 Å². The summed E-state index contributed by atoms with van der Waals surface area (Å²) in [5, 5.41) is 20.7. The number of fused-ring (bicyclic) bond motifs is 1. The summed E-state index contributed by atoms with van der Waals surface area (Å²) in [6.07, 6.45) is -0.0299. The fourth-order valence-electron chi connectivity index (χ4n) is 2.70. The number of carboxylic acids is 1. The van der Waals surface area contributed by atoms with Crippen LogP contribution in [-0.2, 0) is 20.4 Å². The number of carboxylic acid groups (broad SMARTS) is 1. The Balaban J connectivity index is 0.00000176. The number of hydrogen-bond acceptors (Lipinski definition) is 7. The second-order valence-electron chi connectivity index (χ2n) is 5.25. The largest absolute Gasteiger partial charge is 1.00 e. The normalized spacial score (nSPS) is 35.0. The number of aliphatic hydroxyl groups is 1. The van der Waals surface area contributed by atoms with Gasteiger partial charge in [-0.2, -0.15) is 0 Å². The van der Waals surface area contributed by atoms with Crippen molar-refractivity contribution in [2.75, 3.05) is 11.5 Å². The Kier molecular flexibility index (Phi) is 6.13. The van der Waals surface area contributed by atoms with Gasteiger partial charge in [0.1, 0.15) is 5.37 Å². The van der Waals surface area contributed by atoms with E-state index in [1.54, 1.807) is 0 Å². The van der Waals surface area contributed by atoms with Gasteiger partial charge >= 0.3 is 29.6 Å². The van der Waals surface area contributed by atoms with Crippen LogP contribution in [0.15, 0.2) is 9.93 Å². The Hall–Kier alpha value is 0.490. The number of β-lactam (4-membered cyclic amide) rings is 1. The summed E-state index contributed by atoms with van der Waals surface area (Å²) in [6.45, 7) is 1.53. The second kappa shape index (κ2) is 7.16. The summed E-state index contributed by atoms with van der Waals surface area (Å²) in [6, 6.07) is 0. The predicted molar refractivity (Wildman–Crippen MR) is 79.3 cm³/mol. The minimum absolute atomic E-state index is 0. The van der Waals surface area contributed by atoms with Crippen LogP contribution in [0.5, 0.6) is 0 Å². The fraction of sp³-hybridized carbons (Fsp3) is 0.667. The summed E-state index contributed by atoms with van der Waals surface area (Å²) in [5.74, 6) is -1.12. The number of aliphatic carboxylic acids is 1. The fourth-order valence-corrected chi connectivity index (χ4v) is 7.95. The van der Waals surface area contributed by atoms with Gasteiger partial charge in [0.25, 0.3) is 0 Å². The van der Waals surface area contributed by atoms with E-state index in [-0.39, 0.29) is 51.8 Å². The maximum Gasteiger partial charge on any atom is 1.00 e. The van der Waals surface area contributed by atoms with Crippen LogP contribution in [0.3, 0.4) is 0 Å². The number of rotatable bonds is 4. The van der Waals surface area contributed by atoms with E-state index < -0.39 is 28.8 Å². The Morgan fingerprint density at radius 1 is 1.59 bits per heavy atom. The maximum atomic E-state index is 12.0. The van der Waals surface area contributed by atoms with E-state index in [0.717, 1.165) is 6.42 Å². The molecule has 1 amide bonds. The molecule has 1 N–H and O–H groups in total. The van der Waals surface area contributed by atoms with Crippen molar-refractivity contribution in [2.24, 2.45) is 5.92 Å². The van der Waals surface area contributed by atoms with Crippen LogP contribution < -0.4 is 34.7 Å². The average Bonchev–Trinajstić information content (AvgIpc) is 2.91. The zero-order valence-electron chi connectivity index (χ0n) is 12.2. The van der Waals surface area contributed by atoms with E-state index in [1.165, 1.54) is 35.3 Å². The van der Waals surface area contributed by atoms with Crippen LogP contribution >= 0.6 is 23.5 Å². The molecule has 2 saturated heterocycles. The molecule has 0 aliphatic carbocycles. The van der Waals surface area contributed by atoms with Crippen molar-refractivity contribution >= 4 is 46.2 Å². The van der Waals surface area contributed by atoms with Crippen LogP contribution in [0.25, 0.3) is 0 Å². The molecule has 0 saturated carbocycles. The van der Waals surface area contributed by atoms with Gasteiger partial charge in [0.05, 0.1) is 27.9 Å². The Bertz CT molecular complexity index is 567. The van der Waals surface area contributed by atoms with Gasteiger partial charge in [-0.05, 0) is 13.3 Å². The van der Waals surface area contributed by atoms with Gasteiger partial charge in [-0.25, -0.2) is 0 Å². The van der Waals surface area contributed by atoms with Crippen LogP contribution in [0.2, 0.25) is 0 Å². The van der Waals surface area contributed by atoms with E-state index in [9.17, 15) is 24.0 Å². The number of hydrogen-bond donors (Lipinski definition) is 1. The first-order chi connectivity index (χ1) is 9.90. The summed E-state index contributed by atoms with van der Waals surface area (Å²) in [4.78, 5) is 24.6. The number of nitrogens with zero attached hydrogens (tertiary/aromatic N) is 1. The minimum atomic E-state index is -1.37. The third-order valence-corrected chi connectivity index (χ3v) is 8.32. The molecule has 6 nitrogen and oxygen atoms in total. The first kappa shape index (κ1) is 18.8. The molecule has 3 aliphatic rings. The summed E-state index contributed by atoms with van der Waals surface area (Å²) in [7, 11) is -0.834. The van der Waals surface area contributed by atoms with Gasteiger partial charge < -0.3 is 15.0 Å². The zero-order valence-corrected chi connectivity index (χ0v) is 16.6. The van der Waals surface area contributed by atoms with Crippen molar-refractivity contribution in [3.63, 3.8) is 0 Å². The summed E-state index contributed by atoms with van der Waals surface area (Å²) >= 11 is 2.66. The average molecular weight is 371 g/mol. The molecule has 0 aromatic rings. The molecular formula is C12H14NNaO5S3. The van der Waals surface area contributed by atoms with E-state index in [1.807, 2.05) is 0 Å². The van der Waals surface area contributed by atoms with Crippen LogP contribution in [-0.4, -0.2) is 54.3 Å². The van der Waals surface area contributed by atoms with Crippen molar-refractivity contribution < 1.29 is 53.6 Å². The molecular weight excluding hydrogens is 357 g/mol. The van der Waals surface area contributed by atoms with Crippen molar-refractivity contribution in [3.8, 4) is 0 Å². The monoisotopic (exact) mass is 371 g/mol. The molecule has 0 bridgehead atoms. The molecule has 3 aliphatic heterocycles. The minimum Gasteiger partial charge on any atom is -0.543 e. The third-order valence-electron chi connectivity index (χ3n) is 3.77. The quantitative estimate of drug-likeness (QED) is 0.398. The van der Waals surface area contributed by atoms with Crippen LogP contribution in [0.4, 0.5) is 0 Å². The molecule has 22 heavy (non-hydrogen) atoms. The number of aliphatic hydroxyl groups excluding tert-OH is 1. The van der Waals surface area contributed by atoms with Crippen LogP contribution in [0, 0.1) is 5.92 Å². The molecule has 0 spiro atoms. The molecule has 116 valence electrons. The Labute approximate surface area is 161 Å². The number of carbonyl (C=O) groups is 2. The molecule has 0 radical (unpaired) electrons. The molecule has 0 aromatic heterocycles. The molecule has 3 rings (SSSR count). The smallest absolute Gasteiger partial charge is 0.543 e. The number of amides is 1. The first-order valence-corrected chi connectivity index (χ1v) is 9.80. The molecule has 2 fully saturated rings. The Morgan fingerprint density at radius 2 is 2.27 bits per heavy atom. The van der Waals surface area contributed by atoms with Crippen molar-refractivity contribution in [3.05, 3.63) is 9.93 Å². The van der Waals surface area contributed by atoms with Gasteiger partial charge in [0.15, 0.2) is 0 Å². The third kappa shape index (κ3) is 3.18. The van der Waals surface area contributed by atoms with E-state index >= 15 is 0 Å². The molecule has 0 aromatic carbocycles. The molecule has 5 atom stereocenters. The SMILES string of the molecule is C[C@@H](O)[C@@H]1C(=O)N2C(C(=O)[O-])=C(S[C@H]3CC[S@@](=O)C3)S[C@H]12.[Na+]. The molecule has 0 unspecified atom stereocenters. The summed E-state index contributed by atoms with van der Waals surface area (Å²) in [5.41, 5.74) is -0.0883. The number of carbonyl (C=O) groups excluding carboxylic acids is 2. The Morgan fingerprint density at radius 3 is 2.77 bits per heavy atom. The molecule has 3 heterocycles. The van der Waals surface area contributed by atoms with Gasteiger partial charge in [-0.1, -0.05) is 11.8 Å². The van der Waals surface area contributed by atoms with Gasteiger partial charge in [0.2, 0.25) is 5.91 Å². The maximum absolute atomic E-state index is 12.0. The van der Waals surface area contributed by atoms with Gasteiger partial charge in [-0.15, -0.1) is 11.8 Å². The van der Waals surface area contributed by atoms with Crippen molar-refractivity contribution in [1.29, 1.82) is 0 Å². The number of thioether (sulfide) groups is 2. The van der Waals surface area contributed by atoms with Gasteiger partial charge in [-0.3, -0.25) is 13.9 Å². The predicted octanol–water partition coefficient (Wildman–Crippen LogP) is -3.92. The first-order valence-electron chi connectivity index (χ1n) is 6.55. The topological polar surface area (TPSA) is 97.7 Å². The zero-order chi connectivity index (χ0) is 15.3. The van der Waals surface area contributed by atoms with Crippen LogP contribution in [0.1, 0.15) is 13.3 Å². The van der Waals surface area contributed by atoms with Crippen molar-refractivity contribution in [2.45, 2.75) is 30.1 Å². The van der Waals surface area contributed by atoms with E-state index in [0.29, 0.717) is 15.7 Å². The van der Waals surface area contributed by atoms with E-state index in [2.05, 4.69) is 0 Å².